The lowest BCUT2D eigenvalue weighted by Gasteiger charge is -2.41. The summed E-state index contributed by atoms with van der Waals surface area (Å²) in [6.45, 7) is 1.80. The van der Waals surface area contributed by atoms with E-state index < -0.39 is 0 Å². The van der Waals surface area contributed by atoms with Crippen molar-refractivity contribution in [3.8, 4) is 0 Å². The van der Waals surface area contributed by atoms with Gasteiger partial charge in [-0.05, 0) is 44.1 Å². The number of piperidine rings is 1. The number of aromatic nitrogens is 2. The summed E-state index contributed by atoms with van der Waals surface area (Å²) in [5.41, 5.74) is 0.673. The van der Waals surface area contributed by atoms with E-state index in [1.54, 1.807) is 6.92 Å². The van der Waals surface area contributed by atoms with E-state index in [4.69, 9.17) is 0 Å². The summed E-state index contributed by atoms with van der Waals surface area (Å²) in [5, 5.41) is 3.92. The molecule has 3 aliphatic rings. The van der Waals surface area contributed by atoms with Crippen LogP contribution in [-0.4, -0.2) is 55.2 Å². The van der Waals surface area contributed by atoms with Gasteiger partial charge in [0.15, 0.2) is 0 Å². The Kier molecular flexibility index (Phi) is 3.44. The average Bonchev–Trinajstić information content (AvgIpc) is 3.16. The van der Waals surface area contributed by atoms with E-state index in [1.807, 2.05) is 4.90 Å². The second-order valence-electron chi connectivity index (χ2n) is 6.57. The molecule has 0 spiro atoms. The number of amides is 3. The largest absolute Gasteiger partial charge is 0.332 e. The molecule has 2 atom stereocenters. The normalized spacial score (nSPS) is 30.4. The Morgan fingerprint density at radius 3 is 2.22 bits per heavy atom. The summed E-state index contributed by atoms with van der Waals surface area (Å²) in [6, 6.07) is 0.169. The fraction of sp³-hybridized carbons (Fsp3) is 0.667. The summed E-state index contributed by atoms with van der Waals surface area (Å²) in [4.78, 5) is 40.8. The van der Waals surface area contributed by atoms with Gasteiger partial charge >= 0.3 is 0 Å². The van der Waals surface area contributed by atoms with Gasteiger partial charge in [-0.15, -0.1) is 5.10 Å². The van der Waals surface area contributed by atoms with E-state index in [-0.39, 0.29) is 35.8 Å². The van der Waals surface area contributed by atoms with Crippen LogP contribution < -0.4 is 0 Å². The van der Waals surface area contributed by atoms with Crippen molar-refractivity contribution in [2.45, 2.75) is 63.6 Å². The number of imide groups is 1. The zero-order valence-electron chi connectivity index (χ0n) is 12.9. The van der Waals surface area contributed by atoms with E-state index in [0.29, 0.717) is 36.3 Å². The van der Waals surface area contributed by atoms with Crippen LogP contribution in [-0.2, 0) is 9.59 Å². The van der Waals surface area contributed by atoms with Crippen LogP contribution in [0.15, 0.2) is 0 Å². The van der Waals surface area contributed by atoms with E-state index in [1.165, 1.54) is 4.90 Å². The fourth-order valence-corrected chi connectivity index (χ4v) is 4.84. The van der Waals surface area contributed by atoms with Crippen molar-refractivity contribution in [2.24, 2.45) is 0 Å². The first-order chi connectivity index (χ1) is 11.1. The van der Waals surface area contributed by atoms with Crippen LogP contribution >= 0.6 is 11.5 Å². The highest BCUT2D eigenvalue weighted by atomic mass is 32.1. The minimum absolute atomic E-state index is 0.00234. The molecule has 1 aromatic heterocycles. The summed E-state index contributed by atoms with van der Waals surface area (Å²) >= 11 is 1.14. The van der Waals surface area contributed by atoms with E-state index in [0.717, 1.165) is 24.4 Å². The zero-order valence-corrected chi connectivity index (χ0v) is 13.7. The second kappa shape index (κ2) is 5.36. The van der Waals surface area contributed by atoms with Crippen LogP contribution in [0.1, 0.15) is 53.9 Å². The summed E-state index contributed by atoms with van der Waals surface area (Å²) in [6.07, 6.45) is 3.94. The van der Waals surface area contributed by atoms with Crippen LogP contribution in [0.3, 0.4) is 0 Å². The Hall–Kier alpha value is -1.83. The van der Waals surface area contributed by atoms with E-state index >= 15 is 0 Å². The molecular formula is C15H18N4O3S. The van der Waals surface area contributed by atoms with Crippen LogP contribution in [0.2, 0.25) is 0 Å². The van der Waals surface area contributed by atoms with Crippen molar-refractivity contribution in [3.63, 3.8) is 0 Å². The van der Waals surface area contributed by atoms with Gasteiger partial charge in [0.05, 0.1) is 5.69 Å². The Morgan fingerprint density at radius 1 is 1.09 bits per heavy atom. The number of hydrogen-bond donors (Lipinski definition) is 0. The monoisotopic (exact) mass is 334 g/mol. The van der Waals surface area contributed by atoms with Crippen molar-refractivity contribution in [1.82, 2.24) is 19.4 Å². The van der Waals surface area contributed by atoms with Crippen molar-refractivity contribution >= 4 is 29.3 Å². The molecular weight excluding hydrogens is 316 g/mol. The SMILES string of the molecule is Cc1nnsc1C(=O)N1C2CCC1CC(N1C(=O)CCC1=O)C2. The smallest absolute Gasteiger partial charge is 0.268 e. The molecule has 3 amide bonds. The van der Waals surface area contributed by atoms with Gasteiger partial charge in [0.2, 0.25) is 11.8 Å². The number of likely N-dealkylation sites (tertiary alicyclic amines) is 1. The topological polar surface area (TPSA) is 83.5 Å². The van der Waals surface area contributed by atoms with Crippen LogP contribution in [0.25, 0.3) is 0 Å². The lowest BCUT2D eigenvalue weighted by atomic mass is 9.95. The number of aryl methyl sites for hydroxylation is 1. The third kappa shape index (κ3) is 2.27. The molecule has 3 fully saturated rings. The molecule has 4 rings (SSSR count). The first kappa shape index (κ1) is 14.7. The van der Waals surface area contributed by atoms with Gasteiger partial charge in [-0.3, -0.25) is 19.3 Å². The highest BCUT2D eigenvalue weighted by molar-refractivity contribution is 7.07. The van der Waals surface area contributed by atoms with E-state index in [2.05, 4.69) is 9.59 Å². The molecule has 0 aliphatic carbocycles. The van der Waals surface area contributed by atoms with Gasteiger partial charge in [-0.2, -0.15) is 0 Å². The maximum absolute atomic E-state index is 12.8. The fourth-order valence-electron chi connectivity index (χ4n) is 4.24. The number of carbonyl (C=O) groups excluding carboxylic acids is 3. The number of nitrogens with zero attached hydrogens (tertiary/aromatic N) is 4. The predicted octanol–water partition coefficient (Wildman–Crippen LogP) is 1.13. The Balaban J connectivity index is 1.55. The summed E-state index contributed by atoms with van der Waals surface area (Å²) in [5.74, 6) is -0.106. The van der Waals surface area contributed by atoms with Crippen molar-refractivity contribution in [1.29, 1.82) is 0 Å². The summed E-state index contributed by atoms with van der Waals surface area (Å²) in [7, 11) is 0. The maximum atomic E-state index is 12.8. The number of fused-ring (bicyclic) bond motifs is 2. The minimum Gasteiger partial charge on any atom is -0.332 e. The van der Waals surface area contributed by atoms with Crippen LogP contribution in [0.4, 0.5) is 0 Å². The Morgan fingerprint density at radius 2 is 1.70 bits per heavy atom. The lowest BCUT2D eigenvalue weighted by Crippen LogP contribution is -2.53. The minimum atomic E-state index is -0.0540. The first-order valence-electron chi connectivity index (χ1n) is 8.02. The molecule has 1 aromatic rings. The van der Waals surface area contributed by atoms with Gasteiger partial charge < -0.3 is 4.90 Å². The highest BCUT2D eigenvalue weighted by Gasteiger charge is 2.48. The van der Waals surface area contributed by atoms with Crippen LogP contribution in [0, 0.1) is 6.92 Å². The van der Waals surface area contributed by atoms with Crippen LogP contribution in [0.5, 0.6) is 0 Å². The molecule has 3 saturated heterocycles. The summed E-state index contributed by atoms with van der Waals surface area (Å²) < 4.78 is 3.85. The Labute approximate surface area is 137 Å². The molecule has 0 radical (unpaired) electrons. The third-order valence-electron chi connectivity index (χ3n) is 5.24. The molecule has 2 unspecified atom stereocenters. The quantitative estimate of drug-likeness (QED) is 0.757. The Bertz CT molecular complexity index is 658. The molecule has 122 valence electrons. The zero-order chi connectivity index (χ0) is 16.1. The molecule has 3 aliphatic heterocycles. The molecule has 2 bridgehead atoms. The molecule has 7 nitrogen and oxygen atoms in total. The number of carbonyl (C=O) groups is 3. The molecule has 0 N–H and O–H groups in total. The van der Waals surface area contributed by atoms with Crippen molar-refractivity contribution in [2.75, 3.05) is 0 Å². The third-order valence-corrected chi connectivity index (χ3v) is 6.06. The number of hydrogen-bond acceptors (Lipinski definition) is 6. The molecule has 0 saturated carbocycles. The van der Waals surface area contributed by atoms with Gasteiger partial charge in [0, 0.05) is 31.0 Å². The maximum Gasteiger partial charge on any atom is 0.268 e. The van der Waals surface area contributed by atoms with Crippen molar-refractivity contribution in [3.05, 3.63) is 10.6 Å². The average molecular weight is 334 g/mol. The number of rotatable bonds is 2. The van der Waals surface area contributed by atoms with Gasteiger partial charge in [-0.25, -0.2) is 0 Å². The van der Waals surface area contributed by atoms with Gasteiger partial charge in [-0.1, -0.05) is 4.49 Å². The second-order valence-corrected chi connectivity index (χ2v) is 7.32. The molecule has 4 heterocycles. The molecule has 8 heteroatoms. The molecule has 0 aromatic carbocycles. The van der Waals surface area contributed by atoms with Gasteiger partial charge in [0.1, 0.15) is 4.88 Å². The van der Waals surface area contributed by atoms with Gasteiger partial charge in [0.25, 0.3) is 5.91 Å². The molecule has 23 heavy (non-hydrogen) atoms. The van der Waals surface area contributed by atoms with Crippen molar-refractivity contribution < 1.29 is 14.4 Å². The lowest BCUT2D eigenvalue weighted by molar-refractivity contribution is -0.142. The standard InChI is InChI=1S/C15H18N4O3S/c1-8-14(23-17-16-8)15(22)18-9-2-3-10(18)7-11(6-9)19-12(20)4-5-13(19)21/h9-11H,2-7H2,1H3. The highest BCUT2D eigenvalue weighted by Crippen LogP contribution is 2.40. The predicted molar refractivity (Wildman–Crippen MR) is 81.7 cm³/mol. The first-order valence-corrected chi connectivity index (χ1v) is 8.80. The van der Waals surface area contributed by atoms with E-state index in [9.17, 15) is 14.4 Å².